The van der Waals surface area contributed by atoms with Crippen molar-refractivity contribution in [3.8, 4) is 0 Å². The summed E-state index contributed by atoms with van der Waals surface area (Å²) in [4.78, 5) is 5.90. The summed E-state index contributed by atoms with van der Waals surface area (Å²) in [5, 5.41) is 13.9. The molecule has 2 aromatic rings. The highest BCUT2D eigenvalue weighted by Crippen LogP contribution is 2.19. The van der Waals surface area contributed by atoms with Crippen molar-refractivity contribution in [3.05, 3.63) is 47.1 Å². The first-order valence-electron chi connectivity index (χ1n) is 7.11. The Morgan fingerprint density at radius 2 is 2.17 bits per heavy atom. The average molecular weight is 327 g/mol. The van der Waals surface area contributed by atoms with E-state index in [9.17, 15) is 13.9 Å². The summed E-state index contributed by atoms with van der Waals surface area (Å²) in [5.74, 6) is -0.516. The Morgan fingerprint density at radius 3 is 2.87 bits per heavy atom. The van der Waals surface area contributed by atoms with E-state index >= 15 is 0 Å². The van der Waals surface area contributed by atoms with Crippen LogP contribution in [-0.2, 0) is 17.7 Å². The van der Waals surface area contributed by atoms with Crippen molar-refractivity contribution in [1.82, 2.24) is 15.0 Å². The highest BCUT2D eigenvalue weighted by Gasteiger charge is 2.17. The number of likely N-dealkylation sites (N-methyl/N-ethyl adjacent to an activating group) is 1. The summed E-state index contributed by atoms with van der Waals surface area (Å²) in [6, 6.07) is 3.10. The van der Waals surface area contributed by atoms with E-state index in [0.717, 1.165) is 12.1 Å². The Bertz CT molecular complexity index is 636. The number of benzene rings is 1. The van der Waals surface area contributed by atoms with Crippen LogP contribution in [-0.4, -0.2) is 47.5 Å². The van der Waals surface area contributed by atoms with Gasteiger partial charge in [0, 0.05) is 31.7 Å². The highest BCUT2D eigenvalue weighted by atomic mass is 19.1. The van der Waals surface area contributed by atoms with Gasteiger partial charge in [-0.2, -0.15) is 4.98 Å². The molecule has 126 valence electrons. The summed E-state index contributed by atoms with van der Waals surface area (Å²) < 4.78 is 36.5. The molecule has 0 saturated carbocycles. The molecule has 0 aliphatic carbocycles. The van der Waals surface area contributed by atoms with Crippen molar-refractivity contribution in [2.45, 2.75) is 19.1 Å². The molecule has 0 aliphatic heterocycles. The van der Waals surface area contributed by atoms with E-state index in [0.29, 0.717) is 31.3 Å². The lowest BCUT2D eigenvalue weighted by atomic mass is 10.1. The smallest absolute Gasteiger partial charge is 0.240 e. The number of rotatable bonds is 8. The summed E-state index contributed by atoms with van der Waals surface area (Å²) >= 11 is 0. The predicted octanol–water partition coefficient (Wildman–Crippen LogP) is 1.70. The molecule has 2 rings (SSSR count). The molecule has 1 unspecified atom stereocenters. The molecule has 0 radical (unpaired) electrons. The van der Waals surface area contributed by atoms with Crippen LogP contribution in [0.2, 0.25) is 0 Å². The maximum atomic E-state index is 13.6. The fourth-order valence-corrected chi connectivity index (χ4v) is 2.11. The summed E-state index contributed by atoms with van der Waals surface area (Å²) in [5.41, 5.74) is 0.0459. The van der Waals surface area contributed by atoms with Crippen molar-refractivity contribution in [1.29, 1.82) is 0 Å². The minimum Gasteiger partial charge on any atom is -0.387 e. The van der Waals surface area contributed by atoms with E-state index in [1.807, 2.05) is 0 Å². The van der Waals surface area contributed by atoms with Gasteiger partial charge in [0.15, 0.2) is 5.82 Å². The lowest BCUT2D eigenvalue weighted by Crippen LogP contribution is -2.25. The van der Waals surface area contributed by atoms with Crippen LogP contribution in [0.3, 0.4) is 0 Å². The summed E-state index contributed by atoms with van der Waals surface area (Å²) in [6.07, 6.45) is -0.538. The van der Waals surface area contributed by atoms with Crippen LogP contribution in [0.25, 0.3) is 0 Å². The van der Waals surface area contributed by atoms with Crippen LogP contribution in [0, 0.1) is 11.6 Å². The molecule has 0 amide bonds. The van der Waals surface area contributed by atoms with Crippen LogP contribution in [0.15, 0.2) is 22.7 Å². The standard InChI is InChI=1S/C15H19F2N3O3/c1-20(9-15-18-14(19-23-15)5-6-22-2)8-13(21)11-4-3-10(16)7-12(11)17/h3-4,7,13,21H,5-6,8-9H2,1-2H3. The van der Waals surface area contributed by atoms with Gasteiger partial charge in [0.1, 0.15) is 11.6 Å². The summed E-state index contributed by atoms with van der Waals surface area (Å²) in [6.45, 7) is 0.940. The van der Waals surface area contributed by atoms with Gasteiger partial charge in [-0.25, -0.2) is 8.78 Å². The number of hydrogen-bond acceptors (Lipinski definition) is 6. The first kappa shape index (κ1) is 17.5. The van der Waals surface area contributed by atoms with Crippen LogP contribution < -0.4 is 0 Å². The molecule has 1 N–H and O–H groups in total. The molecule has 0 aliphatic rings. The minimum absolute atomic E-state index is 0.0459. The molecule has 0 fully saturated rings. The van der Waals surface area contributed by atoms with E-state index in [4.69, 9.17) is 9.26 Å². The zero-order chi connectivity index (χ0) is 16.8. The Kier molecular flexibility index (Phi) is 6.14. The van der Waals surface area contributed by atoms with Crippen LogP contribution >= 0.6 is 0 Å². The Hall–Kier alpha value is -1.90. The van der Waals surface area contributed by atoms with Gasteiger partial charge >= 0.3 is 0 Å². The molecule has 8 heteroatoms. The van der Waals surface area contributed by atoms with Crippen molar-refractivity contribution < 1.29 is 23.1 Å². The van der Waals surface area contributed by atoms with E-state index in [1.54, 1.807) is 19.1 Å². The fourth-order valence-electron chi connectivity index (χ4n) is 2.11. The first-order valence-corrected chi connectivity index (χ1v) is 7.11. The van der Waals surface area contributed by atoms with Crippen molar-refractivity contribution in [2.75, 3.05) is 27.3 Å². The molecular weight excluding hydrogens is 308 g/mol. The molecular formula is C15H19F2N3O3. The summed E-state index contributed by atoms with van der Waals surface area (Å²) in [7, 11) is 3.31. The molecule has 1 aromatic heterocycles. The van der Waals surface area contributed by atoms with Crippen molar-refractivity contribution >= 4 is 0 Å². The normalized spacial score (nSPS) is 12.8. The van der Waals surface area contributed by atoms with Crippen LogP contribution in [0.4, 0.5) is 8.78 Å². The third-order valence-electron chi connectivity index (χ3n) is 3.25. The maximum Gasteiger partial charge on any atom is 0.240 e. The molecule has 0 bridgehead atoms. The third kappa shape index (κ3) is 5.05. The van der Waals surface area contributed by atoms with Gasteiger partial charge in [-0.15, -0.1) is 0 Å². The highest BCUT2D eigenvalue weighted by molar-refractivity contribution is 5.21. The number of hydrogen-bond donors (Lipinski definition) is 1. The van der Waals surface area contributed by atoms with Gasteiger partial charge < -0.3 is 14.4 Å². The van der Waals surface area contributed by atoms with E-state index in [-0.39, 0.29) is 12.1 Å². The Morgan fingerprint density at radius 1 is 1.39 bits per heavy atom. The third-order valence-corrected chi connectivity index (χ3v) is 3.25. The Labute approximate surface area is 132 Å². The largest absolute Gasteiger partial charge is 0.387 e. The molecule has 0 saturated heterocycles. The monoisotopic (exact) mass is 327 g/mol. The maximum absolute atomic E-state index is 13.6. The number of halogens is 2. The van der Waals surface area contributed by atoms with Crippen molar-refractivity contribution in [3.63, 3.8) is 0 Å². The van der Waals surface area contributed by atoms with Gasteiger partial charge in [-0.05, 0) is 13.1 Å². The molecule has 1 atom stereocenters. The molecule has 23 heavy (non-hydrogen) atoms. The minimum atomic E-state index is -1.09. The SMILES string of the molecule is COCCc1noc(CN(C)CC(O)c2ccc(F)cc2F)n1. The van der Waals surface area contributed by atoms with Gasteiger partial charge in [0.25, 0.3) is 0 Å². The topological polar surface area (TPSA) is 71.6 Å². The molecule has 1 aromatic carbocycles. The van der Waals surface area contributed by atoms with Crippen LogP contribution in [0.5, 0.6) is 0 Å². The Balaban J connectivity index is 1.90. The predicted molar refractivity (Wildman–Crippen MR) is 77.5 cm³/mol. The van der Waals surface area contributed by atoms with Gasteiger partial charge in [-0.3, -0.25) is 4.90 Å². The number of nitrogens with zero attached hydrogens (tertiary/aromatic N) is 3. The number of methoxy groups -OCH3 is 1. The zero-order valence-electron chi connectivity index (χ0n) is 13.0. The molecule has 0 spiro atoms. The van der Waals surface area contributed by atoms with Crippen molar-refractivity contribution in [2.24, 2.45) is 0 Å². The first-order chi connectivity index (χ1) is 11.0. The lowest BCUT2D eigenvalue weighted by molar-refractivity contribution is 0.114. The van der Waals surface area contributed by atoms with Gasteiger partial charge in [0.2, 0.25) is 5.89 Å². The van der Waals surface area contributed by atoms with Crippen LogP contribution in [0.1, 0.15) is 23.4 Å². The second-order valence-electron chi connectivity index (χ2n) is 5.23. The number of aromatic nitrogens is 2. The lowest BCUT2D eigenvalue weighted by Gasteiger charge is -2.19. The average Bonchev–Trinajstić information content (AvgIpc) is 2.92. The molecule has 1 heterocycles. The number of aliphatic hydroxyl groups is 1. The van der Waals surface area contributed by atoms with E-state index in [1.165, 1.54) is 6.07 Å². The number of aliphatic hydroxyl groups excluding tert-OH is 1. The van der Waals surface area contributed by atoms with E-state index in [2.05, 4.69) is 10.1 Å². The van der Waals surface area contributed by atoms with Gasteiger partial charge in [-0.1, -0.05) is 11.2 Å². The quantitative estimate of drug-likeness (QED) is 0.796. The van der Waals surface area contributed by atoms with E-state index < -0.39 is 17.7 Å². The zero-order valence-corrected chi connectivity index (χ0v) is 13.0. The second kappa shape index (κ2) is 8.09. The van der Waals surface area contributed by atoms with Gasteiger partial charge in [0.05, 0.1) is 19.3 Å². The fraction of sp³-hybridized carbons (Fsp3) is 0.467. The number of ether oxygens (including phenoxy) is 1. The second-order valence-corrected chi connectivity index (χ2v) is 5.23. The molecule has 6 nitrogen and oxygen atoms in total.